The summed E-state index contributed by atoms with van der Waals surface area (Å²) in [5.41, 5.74) is -0.497. The minimum atomic E-state index is -0.990. The Kier molecular flexibility index (Phi) is 3.17. The zero-order valence-electron chi connectivity index (χ0n) is 11.1. The van der Waals surface area contributed by atoms with E-state index in [9.17, 15) is 9.90 Å². The fraction of sp³-hybridized carbons (Fsp3) is 0.500. The van der Waals surface area contributed by atoms with Gasteiger partial charge in [0.25, 0.3) is 0 Å². The summed E-state index contributed by atoms with van der Waals surface area (Å²) < 4.78 is 16.4. The third-order valence-corrected chi connectivity index (χ3v) is 4.43. The van der Waals surface area contributed by atoms with Crippen LogP contribution in [0.25, 0.3) is 0 Å². The summed E-state index contributed by atoms with van der Waals surface area (Å²) in [6.45, 7) is 0.815. The number of methoxy groups -OCH3 is 1. The first-order valence-corrected chi connectivity index (χ1v) is 6.88. The Hall–Kier alpha value is -1.62. The highest BCUT2D eigenvalue weighted by Crippen LogP contribution is 2.55. The molecule has 1 aliphatic heterocycles. The van der Waals surface area contributed by atoms with E-state index in [0.717, 1.165) is 6.42 Å². The summed E-state index contributed by atoms with van der Waals surface area (Å²) in [5.74, 6) is 0.484. The van der Waals surface area contributed by atoms with Gasteiger partial charge in [-0.1, -0.05) is 18.0 Å². The Labute approximate surface area is 121 Å². The molecule has 20 heavy (non-hydrogen) atoms. The predicted molar refractivity (Wildman–Crippen MR) is 72.2 cm³/mol. The minimum absolute atomic E-state index is 0.304. The summed E-state index contributed by atoms with van der Waals surface area (Å²) in [6.07, 6.45) is 1.95. The molecule has 0 spiro atoms. The molecular formula is C14H15ClO5. The van der Waals surface area contributed by atoms with Gasteiger partial charge >= 0.3 is 5.97 Å². The Balaban J connectivity index is 2.25. The van der Waals surface area contributed by atoms with E-state index in [1.807, 2.05) is 0 Å². The van der Waals surface area contributed by atoms with E-state index in [-0.39, 0.29) is 0 Å². The number of fused-ring (bicyclic) bond motifs is 1. The van der Waals surface area contributed by atoms with Crippen LogP contribution in [0.2, 0.25) is 5.02 Å². The van der Waals surface area contributed by atoms with Gasteiger partial charge in [-0.3, -0.25) is 4.79 Å². The Morgan fingerprint density at radius 2 is 2.10 bits per heavy atom. The van der Waals surface area contributed by atoms with Crippen molar-refractivity contribution in [3.05, 3.63) is 16.7 Å². The van der Waals surface area contributed by atoms with Crippen molar-refractivity contribution in [2.45, 2.75) is 24.7 Å². The molecule has 1 aliphatic carbocycles. The van der Waals surface area contributed by atoms with Crippen molar-refractivity contribution in [2.24, 2.45) is 0 Å². The number of aliphatic carboxylic acids is 1. The number of hydrogen-bond donors (Lipinski definition) is 1. The van der Waals surface area contributed by atoms with Crippen molar-refractivity contribution in [3.8, 4) is 17.2 Å². The first kappa shape index (κ1) is 13.4. The Morgan fingerprint density at radius 3 is 2.65 bits per heavy atom. The number of carboxylic acid groups (broad SMARTS) is 1. The van der Waals surface area contributed by atoms with E-state index in [1.54, 1.807) is 6.07 Å². The van der Waals surface area contributed by atoms with Gasteiger partial charge in [0.2, 0.25) is 0 Å². The van der Waals surface area contributed by atoms with Gasteiger partial charge in [0.15, 0.2) is 11.5 Å². The monoisotopic (exact) mass is 298 g/mol. The van der Waals surface area contributed by atoms with Crippen molar-refractivity contribution < 1.29 is 24.1 Å². The first-order valence-electron chi connectivity index (χ1n) is 6.50. The van der Waals surface area contributed by atoms with Crippen LogP contribution in [-0.2, 0) is 10.2 Å². The molecule has 1 aromatic carbocycles. The van der Waals surface area contributed by atoms with Crippen LogP contribution < -0.4 is 14.2 Å². The second-order valence-corrected chi connectivity index (χ2v) is 5.41. The molecule has 0 saturated heterocycles. The van der Waals surface area contributed by atoms with E-state index < -0.39 is 11.4 Å². The molecule has 108 valence electrons. The van der Waals surface area contributed by atoms with Crippen molar-refractivity contribution in [3.63, 3.8) is 0 Å². The number of hydrogen-bond acceptors (Lipinski definition) is 4. The van der Waals surface area contributed by atoms with Crippen molar-refractivity contribution in [1.82, 2.24) is 0 Å². The molecule has 1 N–H and O–H groups in total. The van der Waals surface area contributed by atoms with Crippen LogP contribution in [0.5, 0.6) is 17.2 Å². The normalized spacial score (nSPS) is 19.1. The summed E-state index contributed by atoms with van der Waals surface area (Å²) in [6, 6.07) is 1.65. The number of carbonyl (C=O) groups is 1. The second kappa shape index (κ2) is 4.74. The standard InChI is InChI=1S/C14H15ClO5/c1-18-8-7-9-12(20-6-5-19-9)10(11(8)15)14(13(16)17)3-2-4-14/h7H,2-6H2,1H3,(H,16,17). The maximum Gasteiger partial charge on any atom is 0.314 e. The van der Waals surface area contributed by atoms with Crippen LogP contribution in [0.1, 0.15) is 24.8 Å². The van der Waals surface area contributed by atoms with E-state index in [4.69, 9.17) is 25.8 Å². The smallest absolute Gasteiger partial charge is 0.314 e. The van der Waals surface area contributed by atoms with Gasteiger partial charge in [0.05, 0.1) is 17.5 Å². The third kappa shape index (κ3) is 1.73. The zero-order chi connectivity index (χ0) is 14.3. The molecule has 1 aromatic rings. The van der Waals surface area contributed by atoms with Crippen molar-refractivity contribution in [2.75, 3.05) is 20.3 Å². The molecule has 5 nitrogen and oxygen atoms in total. The van der Waals surface area contributed by atoms with Gasteiger partial charge in [-0.25, -0.2) is 0 Å². The van der Waals surface area contributed by atoms with Crippen LogP contribution in [0, 0.1) is 0 Å². The van der Waals surface area contributed by atoms with Gasteiger partial charge in [0, 0.05) is 11.6 Å². The summed E-state index contributed by atoms with van der Waals surface area (Å²) >= 11 is 6.36. The second-order valence-electron chi connectivity index (χ2n) is 5.03. The van der Waals surface area contributed by atoms with Crippen molar-refractivity contribution in [1.29, 1.82) is 0 Å². The predicted octanol–water partition coefficient (Wildman–Crippen LogP) is 2.63. The number of ether oxygens (including phenoxy) is 3. The lowest BCUT2D eigenvalue weighted by atomic mass is 9.64. The van der Waals surface area contributed by atoms with E-state index in [2.05, 4.69) is 0 Å². The lowest BCUT2D eigenvalue weighted by molar-refractivity contribution is -0.147. The molecule has 0 aromatic heterocycles. The summed E-state index contributed by atoms with van der Waals surface area (Å²) in [5, 5.41) is 9.94. The van der Waals surface area contributed by atoms with Gasteiger partial charge < -0.3 is 19.3 Å². The fourth-order valence-electron chi connectivity index (χ4n) is 2.82. The molecule has 0 unspecified atom stereocenters. The van der Waals surface area contributed by atoms with E-state index >= 15 is 0 Å². The quantitative estimate of drug-likeness (QED) is 0.929. The number of carboxylic acids is 1. The number of halogens is 1. The SMILES string of the molecule is COc1cc2c(c(C3(C(=O)O)CCC3)c1Cl)OCCO2. The fourth-order valence-corrected chi connectivity index (χ4v) is 3.22. The van der Waals surface area contributed by atoms with Gasteiger partial charge in [-0.15, -0.1) is 0 Å². The number of rotatable bonds is 3. The summed E-state index contributed by atoms with van der Waals surface area (Å²) in [7, 11) is 1.50. The highest BCUT2D eigenvalue weighted by molar-refractivity contribution is 6.33. The maximum absolute atomic E-state index is 11.7. The molecule has 0 bridgehead atoms. The van der Waals surface area contributed by atoms with Crippen LogP contribution in [-0.4, -0.2) is 31.4 Å². The van der Waals surface area contributed by atoms with E-state index in [0.29, 0.717) is 53.9 Å². The Morgan fingerprint density at radius 1 is 1.40 bits per heavy atom. The lowest BCUT2D eigenvalue weighted by Gasteiger charge is -2.40. The van der Waals surface area contributed by atoms with Crippen LogP contribution in [0.15, 0.2) is 6.07 Å². The van der Waals surface area contributed by atoms with Crippen LogP contribution in [0.4, 0.5) is 0 Å². The molecule has 6 heteroatoms. The van der Waals surface area contributed by atoms with Crippen molar-refractivity contribution >= 4 is 17.6 Å². The van der Waals surface area contributed by atoms with Crippen LogP contribution in [0.3, 0.4) is 0 Å². The van der Waals surface area contributed by atoms with Gasteiger partial charge in [-0.05, 0) is 12.8 Å². The Bertz CT molecular complexity index is 565. The molecule has 3 rings (SSSR count). The average Bonchev–Trinajstić information content (AvgIpc) is 2.39. The minimum Gasteiger partial charge on any atom is -0.495 e. The molecule has 1 saturated carbocycles. The molecule has 0 radical (unpaired) electrons. The first-order chi connectivity index (χ1) is 9.60. The number of benzene rings is 1. The highest BCUT2D eigenvalue weighted by atomic mass is 35.5. The lowest BCUT2D eigenvalue weighted by Crippen LogP contribution is -2.43. The molecule has 0 amide bonds. The van der Waals surface area contributed by atoms with E-state index in [1.165, 1.54) is 7.11 Å². The average molecular weight is 299 g/mol. The molecule has 2 aliphatic rings. The van der Waals surface area contributed by atoms with Gasteiger partial charge in [0.1, 0.15) is 19.0 Å². The molecular weight excluding hydrogens is 284 g/mol. The largest absolute Gasteiger partial charge is 0.495 e. The molecule has 1 fully saturated rings. The highest BCUT2D eigenvalue weighted by Gasteiger charge is 2.50. The molecule has 0 atom stereocenters. The topological polar surface area (TPSA) is 65.0 Å². The van der Waals surface area contributed by atoms with Crippen LogP contribution >= 0.6 is 11.6 Å². The zero-order valence-corrected chi connectivity index (χ0v) is 11.8. The summed E-state index contributed by atoms with van der Waals surface area (Å²) in [4.78, 5) is 11.7. The molecule has 1 heterocycles. The van der Waals surface area contributed by atoms with Gasteiger partial charge in [-0.2, -0.15) is 0 Å². The third-order valence-electron chi connectivity index (χ3n) is 4.05. The maximum atomic E-state index is 11.7.